The lowest BCUT2D eigenvalue weighted by atomic mass is 10.1. The Morgan fingerprint density at radius 2 is 2.03 bits per heavy atom. The zero-order valence-corrected chi connectivity index (χ0v) is 17.0. The van der Waals surface area contributed by atoms with Crippen LogP contribution in [0.3, 0.4) is 0 Å². The first-order valence-corrected chi connectivity index (χ1v) is 9.99. The number of anilines is 2. The van der Waals surface area contributed by atoms with Crippen molar-refractivity contribution in [3.05, 3.63) is 54.0 Å². The summed E-state index contributed by atoms with van der Waals surface area (Å²) in [5.74, 6) is 2.12. The first-order chi connectivity index (χ1) is 14.7. The van der Waals surface area contributed by atoms with Crippen LogP contribution >= 0.6 is 0 Å². The summed E-state index contributed by atoms with van der Waals surface area (Å²) in [5, 5.41) is 20.0. The van der Waals surface area contributed by atoms with E-state index in [0.29, 0.717) is 31.4 Å². The van der Waals surface area contributed by atoms with Gasteiger partial charge in [0.1, 0.15) is 5.69 Å². The van der Waals surface area contributed by atoms with Gasteiger partial charge in [0, 0.05) is 31.5 Å². The third-order valence-corrected chi connectivity index (χ3v) is 4.68. The fourth-order valence-electron chi connectivity index (χ4n) is 3.05. The van der Waals surface area contributed by atoms with Gasteiger partial charge in [0.25, 0.3) is 0 Å². The Kier molecular flexibility index (Phi) is 5.89. The van der Waals surface area contributed by atoms with Crippen molar-refractivity contribution in [3.8, 4) is 11.5 Å². The number of hydrogen-bond donors (Lipinski definition) is 3. The maximum atomic E-state index is 9.03. The van der Waals surface area contributed by atoms with Crippen molar-refractivity contribution in [2.24, 2.45) is 0 Å². The van der Waals surface area contributed by atoms with Gasteiger partial charge in [-0.25, -0.2) is 0 Å². The summed E-state index contributed by atoms with van der Waals surface area (Å²) in [6, 6.07) is 7.65. The fraction of sp³-hybridized carbons (Fsp3) is 0.333. The Morgan fingerprint density at radius 3 is 2.73 bits per heavy atom. The highest BCUT2D eigenvalue weighted by molar-refractivity contribution is 5.56. The summed E-state index contributed by atoms with van der Waals surface area (Å²) < 4.78 is 7.10. The predicted octanol–water partition coefficient (Wildman–Crippen LogP) is 3.31. The van der Waals surface area contributed by atoms with Gasteiger partial charge >= 0.3 is 0 Å². The van der Waals surface area contributed by atoms with Crippen LogP contribution < -0.4 is 10.6 Å². The second kappa shape index (κ2) is 8.91. The number of aliphatic hydroxyl groups excluding tert-OH is 1. The van der Waals surface area contributed by atoms with Crippen LogP contribution in [-0.4, -0.2) is 42.8 Å². The summed E-state index contributed by atoms with van der Waals surface area (Å²) in [6.45, 7) is 5.46. The summed E-state index contributed by atoms with van der Waals surface area (Å²) in [6.07, 6.45) is 5.90. The van der Waals surface area contributed by atoms with E-state index in [1.165, 1.54) is 0 Å². The SMILES string of the molecule is CC(C)c1cnn2c(NCc3ccc(-c4ccco4)nc3)nc(NCCCO)nc12. The standard InChI is InChI=1S/C21H25N7O2/c1-14(2)16-13-25-28-19(16)26-20(22-8-4-9-29)27-21(28)24-12-15-6-7-17(23-11-15)18-5-3-10-30-18/h3,5-7,10-11,13-14,29H,4,8-9,12H2,1-2H3,(H2,22,24,26,27). The van der Waals surface area contributed by atoms with Gasteiger partial charge < -0.3 is 20.2 Å². The van der Waals surface area contributed by atoms with Crippen LogP contribution in [0.5, 0.6) is 0 Å². The molecule has 0 aromatic carbocycles. The van der Waals surface area contributed by atoms with Gasteiger partial charge in [-0.15, -0.1) is 0 Å². The minimum Gasteiger partial charge on any atom is -0.463 e. The van der Waals surface area contributed by atoms with E-state index >= 15 is 0 Å². The normalized spacial score (nSPS) is 11.3. The Hall–Kier alpha value is -3.46. The quantitative estimate of drug-likeness (QED) is 0.362. The van der Waals surface area contributed by atoms with Crippen molar-refractivity contribution in [2.45, 2.75) is 32.7 Å². The Morgan fingerprint density at radius 1 is 1.13 bits per heavy atom. The number of nitrogens with zero attached hydrogens (tertiary/aromatic N) is 5. The van der Waals surface area contributed by atoms with Crippen LogP contribution in [0.15, 0.2) is 47.3 Å². The van der Waals surface area contributed by atoms with Gasteiger partial charge in [-0.05, 0) is 36.1 Å². The average molecular weight is 407 g/mol. The maximum Gasteiger partial charge on any atom is 0.229 e. The molecule has 0 aliphatic rings. The molecular formula is C21H25N7O2. The third kappa shape index (κ3) is 4.25. The molecule has 9 nitrogen and oxygen atoms in total. The molecule has 0 radical (unpaired) electrons. The number of fused-ring (bicyclic) bond motifs is 1. The van der Waals surface area contributed by atoms with Crippen molar-refractivity contribution in [3.63, 3.8) is 0 Å². The third-order valence-electron chi connectivity index (χ3n) is 4.68. The lowest BCUT2D eigenvalue weighted by Gasteiger charge is -2.11. The van der Waals surface area contributed by atoms with E-state index in [-0.39, 0.29) is 12.5 Å². The predicted molar refractivity (Wildman–Crippen MR) is 114 cm³/mol. The molecule has 0 amide bonds. The lowest BCUT2D eigenvalue weighted by molar-refractivity contribution is 0.292. The molecule has 9 heteroatoms. The second-order valence-corrected chi connectivity index (χ2v) is 7.25. The second-order valence-electron chi connectivity index (χ2n) is 7.25. The van der Waals surface area contributed by atoms with E-state index in [4.69, 9.17) is 9.52 Å². The van der Waals surface area contributed by atoms with Crippen LogP contribution in [-0.2, 0) is 6.54 Å². The number of aliphatic hydroxyl groups is 1. The van der Waals surface area contributed by atoms with Crippen molar-refractivity contribution < 1.29 is 9.52 Å². The van der Waals surface area contributed by atoms with Gasteiger partial charge in [-0.1, -0.05) is 19.9 Å². The van der Waals surface area contributed by atoms with Gasteiger partial charge in [-0.2, -0.15) is 19.6 Å². The number of nitrogens with one attached hydrogen (secondary N) is 2. The highest BCUT2D eigenvalue weighted by Gasteiger charge is 2.15. The zero-order chi connectivity index (χ0) is 20.9. The fourth-order valence-corrected chi connectivity index (χ4v) is 3.05. The van der Waals surface area contributed by atoms with Crippen molar-refractivity contribution in [1.29, 1.82) is 0 Å². The van der Waals surface area contributed by atoms with Crippen LogP contribution in [0.25, 0.3) is 17.1 Å². The van der Waals surface area contributed by atoms with E-state index in [0.717, 1.165) is 28.2 Å². The number of rotatable bonds is 9. The molecule has 0 saturated heterocycles. The Balaban J connectivity index is 1.56. The molecule has 0 fully saturated rings. The molecule has 0 aliphatic heterocycles. The molecule has 4 aromatic rings. The van der Waals surface area contributed by atoms with Crippen molar-refractivity contribution in [1.82, 2.24) is 24.6 Å². The lowest BCUT2D eigenvalue weighted by Crippen LogP contribution is -2.13. The number of aromatic nitrogens is 5. The minimum atomic E-state index is 0.116. The molecule has 4 heterocycles. The van der Waals surface area contributed by atoms with E-state index in [1.54, 1.807) is 10.8 Å². The molecule has 4 aromatic heterocycles. The molecule has 30 heavy (non-hydrogen) atoms. The maximum absolute atomic E-state index is 9.03. The van der Waals surface area contributed by atoms with Crippen molar-refractivity contribution in [2.75, 3.05) is 23.8 Å². The molecule has 3 N–H and O–H groups in total. The van der Waals surface area contributed by atoms with Crippen LogP contribution in [0.1, 0.15) is 37.3 Å². The monoisotopic (exact) mass is 407 g/mol. The van der Waals surface area contributed by atoms with E-state index in [2.05, 4.69) is 44.5 Å². The Bertz CT molecular complexity index is 1090. The van der Waals surface area contributed by atoms with Gasteiger partial charge in [0.05, 0.1) is 12.5 Å². The summed E-state index contributed by atoms with van der Waals surface area (Å²) >= 11 is 0. The molecular weight excluding hydrogens is 382 g/mol. The van der Waals surface area contributed by atoms with E-state index in [9.17, 15) is 0 Å². The highest BCUT2D eigenvalue weighted by atomic mass is 16.3. The molecule has 156 valence electrons. The number of pyridine rings is 1. The summed E-state index contributed by atoms with van der Waals surface area (Å²) in [4.78, 5) is 13.7. The van der Waals surface area contributed by atoms with Gasteiger partial charge in [0.15, 0.2) is 11.4 Å². The molecule has 0 bridgehead atoms. The smallest absolute Gasteiger partial charge is 0.229 e. The molecule has 4 rings (SSSR count). The van der Waals surface area contributed by atoms with Crippen LogP contribution in [0.4, 0.5) is 11.9 Å². The van der Waals surface area contributed by atoms with Gasteiger partial charge in [0.2, 0.25) is 11.9 Å². The average Bonchev–Trinajstić information content (AvgIpc) is 3.43. The number of hydrogen-bond acceptors (Lipinski definition) is 8. The molecule has 0 aliphatic carbocycles. The first-order valence-electron chi connectivity index (χ1n) is 9.99. The minimum absolute atomic E-state index is 0.116. The van der Waals surface area contributed by atoms with E-state index in [1.807, 2.05) is 36.7 Å². The molecule has 0 atom stereocenters. The van der Waals surface area contributed by atoms with Crippen LogP contribution in [0, 0.1) is 0 Å². The molecule has 0 unspecified atom stereocenters. The van der Waals surface area contributed by atoms with Crippen LogP contribution in [0.2, 0.25) is 0 Å². The van der Waals surface area contributed by atoms with E-state index < -0.39 is 0 Å². The Labute approximate surface area is 174 Å². The van der Waals surface area contributed by atoms with Crippen molar-refractivity contribution >= 4 is 17.5 Å². The first kappa shape index (κ1) is 19.8. The molecule has 0 saturated carbocycles. The summed E-state index contributed by atoms with van der Waals surface area (Å²) in [7, 11) is 0. The summed E-state index contributed by atoms with van der Waals surface area (Å²) in [5.41, 5.74) is 3.61. The molecule has 0 spiro atoms. The topological polar surface area (TPSA) is 113 Å². The largest absolute Gasteiger partial charge is 0.463 e. The van der Waals surface area contributed by atoms with Gasteiger partial charge in [-0.3, -0.25) is 4.98 Å². The highest BCUT2D eigenvalue weighted by Crippen LogP contribution is 2.22. The zero-order valence-electron chi connectivity index (χ0n) is 17.0. The number of furan rings is 1.